The van der Waals surface area contributed by atoms with E-state index in [1.165, 1.54) is 0 Å². The van der Waals surface area contributed by atoms with E-state index in [-0.39, 0.29) is 0 Å². The van der Waals surface area contributed by atoms with Gasteiger partial charge < -0.3 is 14.9 Å². The molecule has 0 aliphatic rings. The van der Waals surface area contributed by atoms with Crippen molar-refractivity contribution >= 4 is 5.97 Å². The molecular formula is C11H22O4. The lowest BCUT2D eigenvalue weighted by Crippen LogP contribution is -2.33. The molecule has 0 bridgehead atoms. The van der Waals surface area contributed by atoms with E-state index in [0.717, 1.165) is 19.3 Å². The van der Waals surface area contributed by atoms with Gasteiger partial charge in [0.25, 0.3) is 0 Å². The summed E-state index contributed by atoms with van der Waals surface area (Å²) in [7, 11) is 0. The minimum absolute atomic E-state index is 0.437. The van der Waals surface area contributed by atoms with Crippen LogP contribution in [0.15, 0.2) is 0 Å². The van der Waals surface area contributed by atoms with Crippen molar-refractivity contribution in [1.82, 2.24) is 0 Å². The number of aliphatic hydroxyl groups is 1. The Morgan fingerprint density at radius 2 is 1.93 bits per heavy atom. The summed E-state index contributed by atoms with van der Waals surface area (Å²) in [6.45, 7) is 5.34. The highest BCUT2D eigenvalue weighted by atomic mass is 16.5. The molecule has 0 aliphatic heterocycles. The number of carboxylic acids is 1. The molecule has 0 amide bonds. The Morgan fingerprint density at radius 3 is 2.33 bits per heavy atom. The van der Waals surface area contributed by atoms with Crippen LogP contribution in [-0.4, -0.2) is 34.5 Å². The van der Waals surface area contributed by atoms with Gasteiger partial charge in [0, 0.05) is 0 Å². The van der Waals surface area contributed by atoms with Crippen molar-refractivity contribution in [2.45, 2.75) is 64.8 Å². The number of hydrogen-bond donors (Lipinski definition) is 2. The lowest BCUT2D eigenvalue weighted by atomic mass is 10.1. The van der Waals surface area contributed by atoms with E-state index in [1.54, 1.807) is 13.8 Å². The average molecular weight is 218 g/mol. The van der Waals surface area contributed by atoms with E-state index in [2.05, 4.69) is 6.92 Å². The van der Waals surface area contributed by atoms with Gasteiger partial charge in [0.05, 0.1) is 12.2 Å². The molecule has 0 saturated heterocycles. The molecule has 3 atom stereocenters. The second kappa shape index (κ2) is 7.65. The number of unbranched alkanes of at least 4 members (excludes halogenated alkanes) is 2. The van der Waals surface area contributed by atoms with Crippen molar-refractivity contribution in [3.63, 3.8) is 0 Å². The smallest absolute Gasteiger partial charge is 0.332 e. The van der Waals surface area contributed by atoms with Crippen LogP contribution in [0.25, 0.3) is 0 Å². The van der Waals surface area contributed by atoms with Gasteiger partial charge in [-0.2, -0.15) is 0 Å². The zero-order chi connectivity index (χ0) is 11.8. The minimum atomic E-state index is -0.946. The first-order chi connectivity index (χ1) is 6.99. The second-order valence-corrected chi connectivity index (χ2v) is 3.90. The van der Waals surface area contributed by atoms with Gasteiger partial charge in [-0.1, -0.05) is 26.2 Å². The molecule has 0 heterocycles. The Kier molecular flexibility index (Phi) is 7.34. The molecule has 0 spiro atoms. The second-order valence-electron chi connectivity index (χ2n) is 3.90. The van der Waals surface area contributed by atoms with Crippen molar-refractivity contribution in [2.24, 2.45) is 0 Å². The third kappa shape index (κ3) is 6.47. The summed E-state index contributed by atoms with van der Waals surface area (Å²) >= 11 is 0. The number of aliphatic hydroxyl groups excluding tert-OH is 1. The first-order valence-electron chi connectivity index (χ1n) is 5.55. The summed E-state index contributed by atoms with van der Waals surface area (Å²) in [5.74, 6) is -0.946. The summed E-state index contributed by atoms with van der Waals surface area (Å²) in [5, 5.41) is 18.1. The average Bonchev–Trinajstić information content (AvgIpc) is 2.15. The molecule has 0 aliphatic carbocycles. The highest BCUT2D eigenvalue weighted by Crippen LogP contribution is 2.11. The van der Waals surface area contributed by atoms with Gasteiger partial charge in [0.1, 0.15) is 0 Å². The number of aliphatic carboxylic acids is 1. The van der Waals surface area contributed by atoms with Crippen molar-refractivity contribution < 1.29 is 19.7 Å². The fraction of sp³-hybridized carbons (Fsp3) is 0.909. The van der Waals surface area contributed by atoms with E-state index < -0.39 is 24.3 Å². The molecular weight excluding hydrogens is 196 g/mol. The predicted molar refractivity (Wildman–Crippen MR) is 57.8 cm³/mol. The highest BCUT2D eigenvalue weighted by molar-refractivity contribution is 5.72. The maximum Gasteiger partial charge on any atom is 0.332 e. The van der Waals surface area contributed by atoms with Gasteiger partial charge in [-0.3, -0.25) is 0 Å². The van der Waals surface area contributed by atoms with E-state index in [1.807, 2.05) is 0 Å². The number of carbonyl (C=O) groups is 1. The van der Waals surface area contributed by atoms with E-state index >= 15 is 0 Å². The molecule has 15 heavy (non-hydrogen) atoms. The lowest BCUT2D eigenvalue weighted by molar-refractivity contribution is -0.158. The van der Waals surface area contributed by atoms with Crippen molar-refractivity contribution in [1.29, 1.82) is 0 Å². The quantitative estimate of drug-likeness (QED) is 0.610. The third-order valence-corrected chi connectivity index (χ3v) is 2.40. The first-order valence-corrected chi connectivity index (χ1v) is 5.55. The van der Waals surface area contributed by atoms with Gasteiger partial charge in [-0.15, -0.1) is 0 Å². The summed E-state index contributed by atoms with van der Waals surface area (Å²) < 4.78 is 5.27. The van der Waals surface area contributed by atoms with Crippen LogP contribution in [0.1, 0.15) is 46.5 Å². The molecule has 0 aromatic heterocycles. The van der Waals surface area contributed by atoms with Crippen LogP contribution in [0, 0.1) is 0 Å². The molecule has 0 rings (SSSR count). The van der Waals surface area contributed by atoms with Crippen LogP contribution < -0.4 is 0 Å². The normalized spacial score (nSPS) is 17.1. The molecule has 2 N–H and O–H groups in total. The Labute approximate surface area is 91.3 Å². The summed E-state index contributed by atoms with van der Waals surface area (Å²) in [4.78, 5) is 10.8. The van der Waals surface area contributed by atoms with Gasteiger partial charge in [0.2, 0.25) is 0 Å². The molecule has 4 nitrogen and oxygen atoms in total. The number of hydrogen-bond acceptors (Lipinski definition) is 3. The molecule has 3 unspecified atom stereocenters. The molecule has 0 aromatic carbocycles. The van der Waals surface area contributed by atoms with Crippen molar-refractivity contribution in [2.75, 3.05) is 0 Å². The number of rotatable bonds is 8. The van der Waals surface area contributed by atoms with Crippen molar-refractivity contribution in [3.05, 3.63) is 0 Å². The Bertz CT molecular complexity index is 179. The van der Waals surface area contributed by atoms with Gasteiger partial charge in [-0.25, -0.2) is 4.79 Å². The molecule has 0 fully saturated rings. The topological polar surface area (TPSA) is 66.8 Å². The largest absolute Gasteiger partial charge is 0.479 e. The summed E-state index contributed by atoms with van der Waals surface area (Å²) in [6, 6.07) is 0. The minimum Gasteiger partial charge on any atom is -0.479 e. The maximum atomic E-state index is 10.8. The zero-order valence-electron chi connectivity index (χ0n) is 9.77. The van der Waals surface area contributed by atoms with Crippen LogP contribution in [0.4, 0.5) is 0 Å². The fourth-order valence-corrected chi connectivity index (χ4v) is 1.20. The van der Waals surface area contributed by atoms with Crippen molar-refractivity contribution in [3.8, 4) is 0 Å². The maximum absolute atomic E-state index is 10.8. The van der Waals surface area contributed by atoms with E-state index in [9.17, 15) is 9.90 Å². The van der Waals surface area contributed by atoms with Crippen LogP contribution in [0.3, 0.4) is 0 Å². The molecule has 4 heteroatoms. The number of carboxylic acid groups (broad SMARTS) is 1. The lowest BCUT2D eigenvalue weighted by Gasteiger charge is -2.21. The predicted octanol–water partition coefficient (Wildman–Crippen LogP) is 1.81. The van der Waals surface area contributed by atoms with E-state index in [4.69, 9.17) is 9.84 Å². The molecule has 0 saturated carbocycles. The monoisotopic (exact) mass is 218 g/mol. The number of ether oxygens (including phenoxy) is 1. The van der Waals surface area contributed by atoms with Crippen LogP contribution >= 0.6 is 0 Å². The van der Waals surface area contributed by atoms with Crippen LogP contribution in [-0.2, 0) is 9.53 Å². The summed E-state index contributed by atoms with van der Waals surface area (Å²) in [5.41, 5.74) is 0. The molecule has 90 valence electrons. The SMILES string of the molecule is CCCCCC(OC(C)C(C)O)C(=O)O. The van der Waals surface area contributed by atoms with Gasteiger partial charge in [-0.05, 0) is 20.3 Å². The van der Waals surface area contributed by atoms with Gasteiger partial charge in [0.15, 0.2) is 6.10 Å². The Hall–Kier alpha value is -0.610. The molecule has 0 aromatic rings. The highest BCUT2D eigenvalue weighted by Gasteiger charge is 2.22. The standard InChI is InChI=1S/C11H22O4/c1-4-5-6-7-10(11(13)14)15-9(3)8(2)12/h8-10,12H,4-7H2,1-3H3,(H,13,14). The third-order valence-electron chi connectivity index (χ3n) is 2.40. The Balaban J connectivity index is 3.99. The zero-order valence-corrected chi connectivity index (χ0v) is 9.77. The van der Waals surface area contributed by atoms with Crippen LogP contribution in [0.2, 0.25) is 0 Å². The molecule has 0 radical (unpaired) electrons. The van der Waals surface area contributed by atoms with Crippen LogP contribution in [0.5, 0.6) is 0 Å². The fourth-order valence-electron chi connectivity index (χ4n) is 1.20. The van der Waals surface area contributed by atoms with Gasteiger partial charge >= 0.3 is 5.97 Å². The summed E-state index contributed by atoms with van der Waals surface area (Å²) in [6.07, 6.45) is 1.56. The first kappa shape index (κ1) is 14.4. The Morgan fingerprint density at radius 1 is 1.33 bits per heavy atom. The van der Waals surface area contributed by atoms with E-state index in [0.29, 0.717) is 6.42 Å².